The van der Waals surface area contributed by atoms with Gasteiger partial charge in [0, 0.05) is 16.0 Å². The summed E-state index contributed by atoms with van der Waals surface area (Å²) in [5, 5.41) is 20.5. The summed E-state index contributed by atoms with van der Waals surface area (Å²) in [6, 6.07) is 23.9. The van der Waals surface area contributed by atoms with Gasteiger partial charge in [0.05, 0.1) is 25.4 Å². The number of hydrogen-bond donors (Lipinski definition) is 3. The molecule has 3 aromatic rings. The zero-order chi connectivity index (χ0) is 24.8. The lowest BCUT2D eigenvalue weighted by molar-refractivity contribution is -0.120. The van der Waals surface area contributed by atoms with E-state index in [1.807, 2.05) is 54.6 Å². The fourth-order valence-corrected chi connectivity index (χ4v) is 4.03. The summed E-state index contributed by atoms with van der Waals surface area (Å²) in [5.74, 6) is -0.406. The minimum absolute atomic E-state index is 0.0546. The number of nitrogens with one attached hydrogen (secondary N) is 1. The standard InChI is InChI=1S/C26H25Cl2N5O2/c27-20-10-6-17(7-11-20)14-30-26(31-23(16-34)25(29)35)33-15-22(18-4-2-1-3-5-18)24(32-33)19-8-12-21(28)13-9-19/h1-13,22-23,34H,14-16H2,(H2,29,35)(H,30,31). The van der Waals surface area contributed by atoms with Gasteiger partial charge >= 0.3 is 0 Å². The lowest BCUT2D eigenvalue weighted by Gasteiger charge is -2.23. The second-order valence-corrected chi connectivity index (χ2v) is 8.96. The predicted molar refractivity (Wildman–Crippen MR) is 140 cm³/mol. The van der Waals surface area contributed by atoms with Crippen molar-refractivity contribution in [2.45, 2.75) is 18.5 Å². The van der Waals surface area contributed by atoms with Crippen LogP contribution < -0.4 is 11.1 Å². The average Bonchev–Trinajstić information content (AvgIpc) is 3.31. The molecule has 7 nitrogen and oxygen atoms in total. The van der Waals surface area contributed by atoms with Gasteiger partial charge in [-0.2, -0.15) is 5.10 Å². The van der Waals surface area contributed by atoms with E-state index in [4.69, 9.17) is 34.0 Å². The van der Waals surface area contributed by atoms with Crippen LogP contribution in [-0.4, -0.2) is 46.9 Å². The summed E-state index contributed by atoms with van der Waals surface area (Å²) in [6.45, 7) is 0.319. The first kappa shape index (κ1) is 24.7. The van der Waals surface area contributed by atoms with Crippen LogP contribution in [0, 0.1) is 0 Å². The van der Waals surface area contributed by atoms with E-state index in [0.29, 0.717) is 29.1 Å². The van der Waals surface area contributed by atoms with Crippen LogP contribution in [0.1, 0.15) is 22.6 Å². The average molecular weight is 510 g/mol. The molecule has 35 heavy (non-hydrogen) atoms. The maximum atomic E-state index is 11.9. The van der Waals surface area contributed by atoms with Gasteiger partial charge in [-0.05, 0) is 41.0 Å². The van der Waals surface area contributed by atoms with Gasteiger partial charge in [-0.25, -0.2) is 10.0 Å². The number of guanidine groups is 1. The van der Waals surface area contributed by atoms with Crippen molar-refractivity contribution in [3.63, 3.8) is 0 Å². The van der Waals surface area contributed by atoms with Crippen LogP contribution in [0.2, 0.25) is 10.0 Å². The van der Waals surface area contributed by atoms with Crippen LogP contribution in [-0.2, 0) is 11.3 Å². The van der Waals surface area contributed by atoms with E-state index in [0.717, 1.165) is 22.4 Å². The van der Waals surface area contributed by atoms with Gasteiger partial charge in [-0.15, -0.1) is 0 Å². The van der Waals surface area contributed by atoms with Crippen LogP contribution in [0.25, 0.3) is 0 Å². The number of benzene rings is 3. The summed E-state index contributed by atoms with van der Waals surface area (Å²) < 4.78 is 0. The molecule has 0 aromatic heterocycles. The van der Waals surface area contributed by atoms with Gasteiger partial charge in [0.15, 0.2) is 0 Å². The Hall–Kier alpha value is -3.39. The molecule has 2 atom stereocenters. The molecule has 0 spiro atoms. The number of amides is 1. The van der Waals surface area contributed by atoms with E-state index < -0.39 is 18.6 Å². The molecule has 4 rings (SSSR count). The molecule has 9 heteroatoms. The molecule has 1 aliphatic heterocycles. The van der Waals surface area contributed by atoms with Crippen molar-refractivity contribution in [3.8, 4) is 0 Å². The van der Waals surface area contributed by atoms with E-state index in [-0.39, 0.29) is 5.92 Å². The molecule has 0 saturated heterocycles. The smallest absolute Gasteiger partial charge is 0.242 e. The Morgan fingerprint density at radius 1 is 1.06 bits per heavy atom. The first-order chi connectivity index (χ1) is 16.9. The Balaban J connectivity index is 1.71. The zero-order valence-corrected chi connectivity index (χ0v) is 20.3. The Morgan fingerprint density at radius 3 is 2.29 bits per heavy atom. The van der Waals surface area contributed by atoms with E-state index in [1.54, 1.807) is 17.1 Å². The zero-order valence-electron chi connectivity index (χ0n) is 18.8. The molecular weight excluding hydrogens is 485 g/mol. The highest BCUT2D eigenvalue weighted by atomic mass is 35.5. The first-order valence-corrected chi connectivity index (χ1v) is 11.8. The summed E-state index contributed by atoms with van der Waals surface area (Å²) in [6.07, 6.45) is 0. The van der Waals surface area contributed by atoms with Crippen molar-refractivity contribution < 1.29 is 9.90 Å². The van der Waals surface area contributed by atoms with Crippen LogP contribution in [0.5, 0.6) is 0 Å². The molecule has 4 N–H and O–H groups in total. The largest absolute Gasteiger partial charge is 0.394 e. The number of hydrogen-bond acceptors (Lipinski definition) is 4. The van der Waals surface area contributed by atoms with E-state index in [9.17, 15) is 9.90 Å². The fraction of sp³-hybridized carbons (Fsp3) is 0.192. The minimum atomic E-state index is -1.01. The van der Waals surface area contributed by atoms with E-state index >= 15 is 0 Å². The monoisotopic (exact) mass is 509 g/mol. The van der Waals surface area contributed by atoms with Gasteiger partial charge in [-0.1, -0.05) is 77.8 Å². The number of rotatable bonds is 7. The summed E-state index contributed by atoms with van der Waals surface area (Å²) in [7, 11) is 0. The van der Waals surface area contributed by atoms with Crippen molar-refractivity contribution >= 4 is 40.8 Å². The first-order valence-electron chi connectivity index (χ1n) is 11.1. The third kappa shape index (κ3) is 6.19. The van der Waals surface area contributed by atoms with Crippen LogP contribution in [0.15, 0.2) is 89.0 Å². The molecule has 0 fully saturated rings. The number of carbonyl (C=O) groups is 1. The van der Waals surface area contributed by atoms with Crippen LogP contribution in [0.3, 0.4) is 0 Å². The molecular formula is C26H25Cl2N5O2. The molecule has 3 aromatic carbocycles. The lowest BCUT2D eigenvalue weighted by atomic mass is 9.91. The number of carbonyl (C=O) groups excluding carboxylic acids is 1. The molecule has 2 unspecified atom stereocenters. The highest BCUT2D eigenvalue weighted by Gasteiger charge is 2.32. The van der Waals surface area contributed by atoms with Crippen molar-refractivity contribution in [1.29, 1.82) is 0 Å². The van der Waals surface area contributed by atoms with Crippen LogP contribution in [0.4, 0.5) is 0 Å². The summed E-state index contributed by atoms with van der Waals surface area (Å²) in [5.41, 5.74) is 9.26. The number of nitrogens with two attached hydrogens (primary N) is 1. The minimum Gasteiger partial charge on any atom is -0.394 e. The molecule has 1 amide bonds. The van der Waals surface area contributed by atoms with Crippen molar-refractivity contribution in [2.75, 3.05) is 13.2 Å². The van der Waals surface area contributed by atoms with Crippen molar-refractivity contribution in [1.82, 2.24) is 10.3 Å². The fourth-order valence-electron chi connectivity index (χ4n) is 3.78. The normalized spacial score (nSPS) is 16.7. The van der Waals surface area contributed by atoms with Crippen LogP contribution >= 0.6 is 23.2 Å². The topological polar surface area (TPSA) is 103 Å². The molecule has 1 aliphatic rings. The predicted octanol–water partition coefficient (Wildman–Crippen LogP) is 3.79. The number of aliphatic hydroxyl groups is 1. The Kier molecular flexibility index (Phi) is 8.02. The molecule has 1 heterocycles. The summed E-state index contributed by atoms with van der Waals surface area (Å²) >= 11 is 12.1. The quantitative estimate of drug-likeness (QED) is 0.333. The van der Waals surface area contributed by atoms with Gasteiger partial charge in [-0.3, -0.25) is 4.79 Å². The molecule has 180 valence electrons. The van der Waals surface area contributed by atoms with Gasteiger partial charge in [0.1, 0.15) is 6.04 Å². The number of aliphatic hydroxyl groups excluding tert-OH is 1. The Bertz CT molecular complexity index is 1210. The maximum absolute atomic E-state index is 11.9. The highest BCUT2D eigenvalue weighted by Crippen LogP contribution is 2.29. The number of hydrazone groups is 1. The Morgan fingerprint density at radius 2 is 1.69 bits per heavy atom. The van der Waals surface area contributed by atoms with Gasteiger partial charge in [0.25, 0.3) is 0 Å². The number of halogens is 2. The van der Waals surface area contributed by atoms with Crippen molar-refractivity contribution in [2.24, 2.45) is 15.8 Å². The van der Waals surface area contributed by atoms with E-state index in [1.165, 1.54) is 0 Å². The third-order valence-electron chi connectivity index (χ3n) is 5.65. The summed E-state index contributed by atoms with van der Waals surface area (Å²) in [4.78, 5) is 16.5. The maximum Gasteiger partial charge on any atom is 0.242 e. The molecule has 0 bridgehead atoms. The number of nitrogens with zero attached hydrogens (tertiary/aromatic N) is 3. The second kappa shape index (κ2) is 11.4. The molecule has 0 radical (unpaired) electrons. The second-order valence-electron chi connectivity index (χ2n) is 8.09. The Labute approximate surface area is 213 Å². The third-order valence-corrected chi connectivity index (χ3v) is 6.16. The number of aliphatic imine (C=N–C) groups is 1. The number of primary amides is 1. The lowest BCUT2D eigenvalue weighted by Crippen LogP contribution is -2.51. The van der Waals surface area contributed by atoms with Gasteiger partial charge in [0.2, 0.25) is 11.9 Å². The molecule has 0 aliphatic carbocycles. The SMILES string of the molecule is NC(=O)C(CO)N/C(=N\Cc1ccc(Cl)cc1)N1CC(c2ccccc2)C(c2ccc(Cl)cc2)=N1. The highest BCUT2D eigenvalue weighted by molar-refractivity contribution is 6.31. The van der Waals surface area contributed by atoms with Crippen molar-refractivity contribution in [3.05, 3.63) is 106 Å². The van der Waals surface area contributed by atoms with E-state index in [2.05, 4.69) is 22.4 Å². The molecule has 0 saturated carbocycles. The van der Waals surface area contributed by atoms with Gasteiger partial charge < -0.3 is 16.2 Å².